The summed E-state index contributed by atoms with van der Waals surface area (Å²) in [7, 11) is 0. The monoisotopic (exact) mass is 341 g/mol. The van der Waals surface area contributed by atoms with Crippen molar-refractivity contribution in [3.8, 4) is 0 Å². The van der Waals surface area contributed by atoms with Crippen LogP contribution in [-0.2, 0) is 4.74 Å². The number of para-hydroxylation sites is 2. The maximum absolute atomic E-state index is 12.7. The maximum Gasteiger partial charge on any atom is 0.273 e. The Kier molecular flexibility index (Phi) is 4.95. The molecule has 0 unspecified atom stereocenters. The first-order chi connectivity index (χ1) is 12.1. The van der Waals surface area contributed by atoms with Gasteiger partial charge in [0.05, 0.1) is 29.5 Å². The average molecular weight is 341 g/mol. The Balaban J connectivity index is 1.87. The van der Waals surface area contributed by atoms with Gasteiger partial charge in [-0.05, 0) is 25.1 Å². The summed E-state index contributed by atoms with van der Waals surface area (Å²) in [6, 6.07) is 12.0. The van der Waals surface area contributed by atoms with Gasteiger partial charge in [-0.15, -0.1) is 0 Å². The first-order valence-electron chi connectivity index (χ1n) is 8.05. The van der Waals surface area contributed by atoms with E-state index in [1.165, 1.54) is 12.1 Å². The number of hydrogen-bond acceptors (Lipinski definition) is 5. The maximum atomic E-state index is 12.7. The number of nitro benzene ring substituents is 1. The van der Waals surface area contributed by atoms with Crippen molar-refractivity contribution in [3.05, 3.63) is 63.7 Å². The third-order valence-corrected chi connectivity index (χ3v) is 4.25. The van der Waals surface area contributed by atoms with Crippen molar-refractivity contribution < 1.29 is 14.5 Å². The van der Waals surface area contributed by atoms with Gasteiger partial charge in [0, 0.05) is 30.3 Å². The van der Waals surface area contributed by atoms with Gasteiger partial charge < -0.3 is 15.0 Å². The first-order valence-corrected chi connectivity index (χ1v) is 8.05. The molecule has 1 amide bonds. The number of carbonyl (C=O) groups is 1. The fourth-order valence-corrected chi connectivity index (χ4v) is 2.92. The van der Waals surface area contributed by atoms with E-state index in [1.54, 1.807) is 13.0 Å². The molecule has 0 saturated carbocycles. The molecule has 25 heavy (non-hydrogen) atoms. The molecular formula is C18H19N3O4. The van der Waals surface area contributed by atoms with E-state index < -0.39 is 4.92 Å². The minimum absolute atomic E-state index is 0.0610. The van der Waals surface area contributed by atoms with Crippen LogP contribution in [0.2, 0.25) is 0 Å². The molecule has 1 saturated heterocycles. The lowest BCUT2D eigenvalue weighted by molar-refractivity contribution is -0.385. The molecule has 2 aromatic rings. The molecule has 3 rings (SSSR count). The van der Waals surface area contributed by atoms with Crippen LogP contribution in [0, 0.1) is 17.0 Å². The molecule has 130 valence electrons. The largest absolute Gasteiger partial charge is 0.378 e. The summed E-state index contributed by atoms with van der Waals surface area (Å²) in [6.07, 6.45) is 0. The van der Waals surface area contributed by atoms with Crippen LogP contribution < -0.4 is 10.2 Å². The summed E-state index contributed by atoms with van der Waals surface area (Å²) < 4.78 is 5.37. The molecule has 1 aliphatic rings. The van der Waals surface area contributed by atoms with Crippen LogP contribution in [0.3, 0.4) is 0 Å². The molecular weight excluding hydrogens is 322 g/mol. The quantitative estimate of drug-likeness (QED) is 0.682. The zero-order chi connectivity index (χ0) is 17.8. The average Bonchev–Trinajstić information content (AvgIpc) is 2.62. The number of nitro groups is 1. The molecule has 1 aliphatic heterocycles. The van der Waals surface area contributed by atoms with Crippen molar-refractivity contribution in [2.45, 2.75) is 6.92 Å². The summed E-state index contributed by atoms with van der Waals surface area (Å²) in [6.45, 7) is 4.38. The van der Waals surface area contributed by atoms with Crippen molar-refractivity contribution in [1.82, 2.24) is 0 Å². The Hall–Kier alpha value is -2.93. The van der Waals surface area contributed by atoms with Crippen LogP contribution in [0.4, 0.5) is 17.1 Å². The molecule has 7 nitrogen and oxygen atoms in total. The number of benzene rings is 2. The van der Waals surface area contributed by atoms with E-state index in [-0.39, 0.29) is 11.6 Å². The number of amides is 1. The lowest BCUT2D eigenvalue weighted by Crippen LogP contribution is -2.36. The lowest BCUT2D eigenvalue weighted by atomic mass is 10.1. The number of nitrogens with one attached hydrogen (secondary N) is 1. The van der Waals surface area contributed by atoms with E-state index >= 15 is 0 Å². The van der Waals surface area contributed by atoms with Crippen LogP contribution in [0.5, 0.6) is 0 Å². The van der Waals surface area contributed by atoms with E-state index in [9.17, 15) is 14.9 Å². The molecule has 0 bridgehead atoms. The smallest absolute Gasteiger partial charge is 0.273 e. The normalized spacial score (nSPS) is 14.2. The molecule has 0 aliphatic carbocycles. The summed E-state index contributed by atoms with van der Waals surface area (Å²) in [4.78, 5) is 25.4. The molecule has 0 spiro atoms. The Morgan fingerprint density at radius 3 is 2.60 bits per heavy atom. The molecule has 0 radical (unpaired) electrons. The third kappa shape index (κ3) is 3.61. The van der Waals surface area contributed by atoms with Crippen LogP contribution in [-0.4, -0.2) is 37.1 Å². The van der Waals surface area contributed by atoms with E-state index in [0.29, 0.717) is 30.0 Å². The second-order valence-corrected chi connectivity index (χ2v) is 5.78. The highest BCUT2D eigenvalue weighted by atomic mass is 16.6. The number of morpholine rings is 1. The van der Waals surface area contributed by atoms with Crippen LogP contribution in [0.15, 0.2) is 42.5 Å². The number of hydrogen-bond donors (Lipinski definition) is 1. The highest BCUT2D eigenvalue weighted by molar-refractivity contribution is 6.07. The Morgan fingerprint density at radius 1 is 1.16 bits per heavy atom. The van der Waals surface area contributed by atoms with Gasteiger partial charge >= 0.3 is 0 Å². The zero-order valence-corrected chi connectivity index (χ0v) is 13.9. The van der Waals surface area contributed by atoms with Crippen molar-refractivity contribution in [3.63, 3.8) is 0 Å². The summed E-state index contributed by atoms with van der Waals surface area (Å²) in [5.74, 6) is -0.359. The van der Waals surface area contributed by atoms with Crippen molar-refractivity contribution in [2.24, 2.45) is 0 Å². The summed E-state index contributed by atoms with van der Waals surface area (Å²) >= 11 is 0. The summed E-state index contributed by atoms with van der Waals surface area (Å²) in [5.41, 5.74) is 2.19. The SMILES string of the molecule is Cc1c(C(=O)Nc2ccccc2N2CCOCC2)cccc1[N+](=O)[O-]. The predicted molar refractivity (Wildman–Crippen MR) is 95.3 cm³/mol. The van der Waals surface area contributed by atoms with E-state index in [1.807, 2.05) is 24.3 Å². The second-order valence-electron chi connectivity index (χ2n) is 5.78. The fraction of sp³-hybridized carbons (Fsp3) is 0.278. The van der Waals surface area contributed by atoms with Gasteiger partial charge in [0.25, 0.3) is 11.6 Å². The van der Waals surface area contributed by atoms with Gasteiger partial charge in [-0.2, -0.15) is 0 Å². The van der Waals surface area contributed by atoms with Crippen molar-refractivity contribution >= 4 is 23.0 Å². The lowest BCUT2D eigenvalue weighted by Gasteiger charge is -2.30. The van der Waals surface area contributed by atoms with Gasteiger partial charge in [0.1, 0.15) is 0 Å². The van der Waals surface area contributed by atoms with E-state index in [0.717, 1.165) is 18.8 Å². The van der Waals surface area contributed by atoms with Gasteiger partial charge in [0.2, 0.25) is 0 Å². The first kappa shape index (κ1) is 16.9. The highest BCUT2D eigenvalue weighted by Gasteiger charge is 2.20. The Bertz CT molecular complexity index is 801. The van der Waals surface area contributed by atoms with Gasteiger partial charge in [-0.3, -0.25) is 14.9 Å². The highest BCUT2D eigenvalue weighted by Crippen LogP contribution is 2.28. The fourth-order valence-electron chi connectivity index (χ4n) is 2.92. The minimum Gasteiger partial charge on any atom is -0.378 e. The topological polar surface area (TPSA) is 84.7 Å². The standard InChI is InChI=1S/C18H19N3O4/c1-13-14(5-4-8-16(13)21(23)24)18(22)19-15-6-2-3-7-17(15)20-9-11-25-12-10-20/h2-8H,9-12H2,1H3,(H,19,22). The van der Waals surface area contributed by atoms with Crippen molar-refractivity contribution in [2.75, 3.05) is 36.5 Å². The van der Waals surface area contributed by atoms with Crippen LogP contribution in [0.25, 0.3) is 0 Å². The Labute approximate surface area is 145 Å². The predicted octanol–water partition coefficient (Wildman–Crippen LogP) is 2.99. The van der Waals surface area contributed by atoms with E-state index in [4.69, 9.17) is 4.74 Å². The number of rotatable bonds is 4. The van der Waals surface area contributed by atoms with Gasteiger partial charge in [0.15, 0.2) is 0 Å². The minimum atomic E-state index is -0.478. The van der Waals surface area contributed by atoms with Crippen LogP contribution in [0.1, 0.15) is 15.9 Å². The summed E-state index contributed by atoms with van der Waals surface area (Å²) in [5, 5.41) is 14.0. The van der Waals surface area contributed by atoms with Gasteiger partial charge in [-0.25, -0.2) is 0 Å². The van der Waals surface area contributed by atoms with Crippen LogP contribution >= 0.6 is 0 Å². The van der Waals surface area contributed by atoms with Gasteiger partial charge in [-0.1, -0.05) is 18.2 Å². The second kappa shape index (κ2) is 7.31. The molecule has 1 fully saturated rings. The third-order valence-electron chi connectivity index (χ3n) is 4.25. The molecule has 0 aromatic heterocycles. The molecule has 2 aromatic carbocycles. The number of nitrogens with zero attached hydrogens (tertiary/aromatic N) is 2. The van der Waals surface area contributed by atoms with Crippen molar-refractivity contribution in [1.29, 1.82) is 0 Å². The number of anilines is 2. The zero-order valence-electron chi connectivity index (χ0n) is 13.9. The molecule has 0 atom stereocenters. The molecule has 1 N–H and O–H groups in total. The number of ether oxygens (including phenoxy) is 1. The number of carbonyl (C=O) groups excluding carboxylic acids is 1. The Morgan fingerprint density at radius 2 is 1.88 bits per heavy atom. The molecule has 7 heteroatoms. The molecule has 1 heterocycles. The van der Waals surface area contributed by atoms with E-state index in [2.05, 4.69) is 10.2 Å².